The van der Waals surface area contributed by atoms with Crippen molar-refractivity contribution in [3.63, 3.8) is 0 Å². The van der Waals surface area contributed by atoms with Gasteiger partial charge in [-0.1, -0.05) is 11.6 Å². The smallest absolute Gasteiger partial charge is 0.167 e. The van der Waals surface area contributed by atoms with Crippen LogP contribution in [0.25, 0.3) is 17.1 Å². The SMILES string of the molecule is COCc1nnc2n1Cc1c(C#Cc3nc(C)cs3)ncn1-c1ccc(C)cc1-2. The van der Waals surface area contributed by atoms with Crippen LogP contribution in [-0.4, -0.2) is 36.4 Å². The van der Waals surface area contributed by atoms with Crippen LogP contribution in [0.5, 0.6) is 0 Å². The third-order valence-electron chi connectivity index (χ3n) is 4.83. The van der Waals surface area contributed by atoms with Gasteiger partial charge in [0.1, 0.15) is 18.6 Å². The Hall–Kier alpha value is -3.28. The minimum absolute atomic E-state index is 0.391. The van der Waals surface area contributed by atoms with E-state index in [1.165, 1.54) is 0 Å². The topological polar surface area (TPSA) is 70.7 Å². The summed E-state index contributed by atoms with van der Waals surface area (Å²) in [6, 6.07) is 6.32. The van der Waals surface area contributed by atoms with Gasteiger partial charge in [-0.15, -0.1) is 21.5 Å². The van der Waals surface area contributed by atoms with Crippen LogP contribution in [0, 0.1) is 25.7 Å². The Morgan fingerprint density at radius 2 is 2.10 bits per heavy atom. The highest BCUT2D eigenvalue weighted by Gasteiger charge is 2.25. The zero-order chi connectivity index (χ0) is 20.0. The highest BCUT2D eigenvalue weighted by atomic mass is 32.1. The van der Waals surface area contributed by atoms with Crippen molar-refractivity contribution in [3.8, 4) is 28.9 Å². The van der Waals surface area contributed by atoms with Gasteiger partial charge in [-0.05, 0) is 37.8 Å². The Labute approximate surface area is 172 Å². The maximum absolute atomic E-state index is 5.33. The van der Waals surface area contributed by atoms with Crippen molar-refractivity contribution in [1.29, 1.82) is 0 Å². The average Bonchev–Trinajstić information content (AvgIpc) is 3.39. The molecule has 3 aromatic heterocycles. The van der Waals surface area contributed by atoms with Crippen LogP contribution in [0.2, 0.25) is 0 Å². The summed E-state index contributed by atoms with van der Waals surface area (Å²) >= 11 is 1.54. The second-order valence-corrected chi connectivity index (χ2v) is 7.79. The number of hydrogen-bond donors (Lipinski definition) is 0. The van der Waals surface area contributed by atoms with Crippen LogP contribution >= 0.6 is 11.3 Å². The molecule has 4 heterocycles. The minimum Gasteiger partial charge on any atom is -0.377 e. The molecule has 5 rings (SSSR count). The van der Waals surface area contributed by atoms with Crippen LogP contribution in [0.4, 0.5) is 0 Å². The molecule has 144 valence electrons. The van der Waals surface area contributed by atoms with Crippen molar-refractivity contribution < 1.29 is 4.74 Å². The second kappa shape index (κ2) is 6.95. The Morgan fingerprint density at radius 1 is 1.21 bits per heavy atom. The number of ether oxygens (including phenoxy) is 1. The van der Waals surface area contributed by atoms with Crippen molar-refractivity contribution in [2.45, 2.75) is 27.0 Å². The van der Waals surface area contributed by atoms with Gasteiger partial charge in [-0.25, -0.2) is 9.97 Å². The van der Waals surface area contributed by atoms with Crippen LogP contribution in [0.1, 0.15) is 33.5 Å². The Balaban J connectivity index is 1.69. The molecule has 4 aromatic rings. The molecule has 0 bridgehead atoms. The Kier molecular flexibility index (Phi) is 4.27. The lowest BCUT2D eigenvalue weighted by molar-refractivity contribution is 0.174. The first-order valence-corrected chi connectivity index (χ1v) is 10.0. The minimum atomic E-state index is 0.391. The van der Waals surface area contributed by atoms with E-state index in [4.69, 9.17) is 4.74 Å². The number of thiazole rings is 1. The molecule has 0 atom stereocenters. The van der Waals surface area contributed by atoms with E-state index < -0.39 is 0 Å². The van der Waals surface area contributed by atoms with Gasteiger partial charge in [0.15, 0.2) is 16.7 Å². The van der Waals surface area contributed by atoms with E-state index in [1.807, 2.05) is 18.6 Å². The van der Waals surface area contributed by atoms with Gasteiger partial charge < -0.3 is 9.30 Å². The molecule has 7 nitrogen and oxygen atoms in total. The lowest BCUT2D eigenvalue weighted by Crippen LogP contribution is -2.09. The molecule has 0 saturated carbocycles. The highest BCUT2D eigenvalue weighted by Crippen LogP contribution is 2.33. The number of aromatic nitrogens is 6. The molecular formula is C21H18N6OS. The molecule has 29 heavy (non-hydrogen) atoms. The Morgan fingerprint density at radius 3 is 2.90 bits per heavy atom. The summed E-state index contributed by atoms with van der Waals surface area (Å²) in [5, 5.41) is 11.6. The molecule has 0 aliphatic carbocycles. The summed E-state index contributed by atoms with van der Waals surface area (Å²) in [7, 11) is 1.66. The fourth-order valence-electron chi connectivity index (χ4n) is 3.49. The number of hydrogen-bond acceptors (Lipinski definition) is 6. The predicted molar refractivity (Wildman–Crippen MR) is 110 cm³/mol. The molecule has 0 unspecified atom stereocenters. The zero-order valence-electron chi connectivity index (χ0n) is 16.3. The monoisotopic (exact) mass is 402 g/mol. The number of benzene rings is 1. The fourth-order valence-corrected chi connectivity index (χ4v) is 4.13. The standard InChI is InChI=1S/C21H18N6OS/c1-13-4-6-17-15(8-13)21-25-24-19(10-28-3)26(21)9-18-16(22-12-27(17)18)5-7-20-23-14(2)11-29-20/h4,6,8,11-12H,9-10H2,1-3H3. The van der Waals surface area contributed by atoms with Gasteiger partial charge >= 0.3 is 0 Å². The number of fused-ring (bicyclic) bond motifs is 5. The van der Waals surface area contributed by atoms with Crippen LogP contribution in [-0.2, 0) is 17.9 Å². The van der Waals surface area contributed by atoms with E-state index >= 15 is 0 Å². The molecule has 0 N–H and O–H groups in total. The lowest BCUT2D eigenvalue weighted by Gasteiger charge is -2.08. The Bertz CT molecular complexity index is 1290. The molecule has 0 saturated heterocycles. The maximum Gasteiger partial charge on any atom is 0.167 e. The second-order valence-electron chi connectivity index (χ2n) is 6.93. The van der Waals surface area contributed by atoms with Crippen molar-refractivity contribution in [1.82, 2.24) is 29.3 Å². The number of nitrogens with zero attached hydrogens (tertiary/aromatic N) is 6. The quantitative estimate of drug-likeness (QED) is 0.424. The number of aryl methyl sites for hydroxylation is 2. The van der Waals surface area contributed by atoms with Gasteiger partial charge in [-0.2, -0.15) is 0 Å². The molecular weight excluding hydrogens is 384 g/mol. The molecule has 8 heteroatoms. The first-order valence-electron chi connectivity index (χ1n) is 9.17. The molecule has 0 spiro atoms. The highest BCUT2D eigenvalue weighted by molar-refractivity contribution is 7.10. The predicted octanol–water partition coefficient (Wildman–Crippen LogP) is 3.11. The summed E-state index contributed by atoms with van der Waals surface area (Å²) in [5.74, 6) is 7.96. The third-order valence-corrected chi connectivity index (χ3v) is 5.71. The zero-order valence-corrected chi connectivity index (χ0v) is 17.1. The lowest BCUT2D eigenvalue weighted by atomic mass is 10.1. The molecule has 0 fully saturated rings. The van der Waals surface area contributed by atoms with Crippen molar-refractivity contribution >= 4 is 11.3 Å². The molecule has 1 aliphatic heterocycles. The van der Waals surface area contributed by atoms with E-state index in [1.54, 1.807) is 18.4 Å². The summed E-state index contributed by atoms with van der Waals surface area (Å²) in [6.45, 7) is 5.00. The van der Waals surface area contributed by atoms with Crippen LogP contribution in [0.3, 0.4) is 0 Å². The van der Waals surface area contributed by atoms with Gasteiger partial charge in [-0.3, -0.25) is 4.57 Å². The van der Waals surface area contributed by atoms with Gasteiger partial charge in [0.05, 0.1) is 17.9 Å². The van der Waals surface area contributed by atoms with E-state index in [0.29, 0.717) is 13.2 Å². The van der Waals surface area contributed by atoms with Crippen LogP contribution < -0.4 is 0 Å². The fraction of sp³-hybridized carbons (Fsp3) is 0.238. The van der Waals surface area contributed by atoms with E-state index in [0.717, 1.165) is 50.6 Å². The van der Waals surface area contributed by atoms with Crippen molar-refractivity contribution in [3.05, 3.63) is 63.4 Å². The summed E-state index contributed by atoms with van der Waals surface area (Å²) in [4.78, 5) is 9.02. The average molecular weight is 402 g/mol. The van der Waals surface area contributed by atoms with E-state index in [9.17, 15) is 0 Å². The summed E-state index contributed by atoms with van der Waals surface area (Å²) in [6.07, 6.45) is 1.83. The number of rotatable bonds is 2. The largest absolute Gasteiger partial charge is 0.377 e. The number of methoxy groups -OCH3 is 1. The van der Waals surface area contributed by atoms with E-state index in [-0.39, 0.29) is 0 Å². The molecule has 1 aliphatic rings. The summed E-state index contributed by atoms with van der Waals surface area (Å²) in [5.41, 5.74) is 5.90. The first kappa shape index (κ1) is 17.8. The van der Waals surface area contributed by atoms with Gasteiger partial charge in [0.2, 0.25) is 0 Å². The van der Waals surface area contributed by atoms with Gasteiger partial charge in [0.25, 0.3) is 0 Å². The third kappa shape index (κ3) is 3.05. The molecule has 0 amide bonds. The van der Waals surface area contributed by atoms with Gasteiger partial charge in [0, 0.05) is 23.7 Å². The maximum atomic E-state index is 5.33. The van der Waals surface area contributed by atoms with Crippen molar-refractivity contribution in [2.24, 2.45) is 0 Å². The van der Waals surface area contributed by atoms with Crippen molar-refractivity contribution in [2.75, 3.05) is 7.11 Å². The molecule has 0 radical (unpaired) electrons. The summed E-state index contributed by atoms with van der Waals surface area (Å²) < 4.78 is 9.51. The first-order chi connectivity index (χ1) is 14.1. The molecule has 1 aromatic carbocycles. The normalized spacial score (nSPS) is 11.8. The van der Waals surface area contributed by atoms with E-state index in [2.05, 4.69) is 66.3 Å². The van der Waals surface area contributed by atoms with Crippen LogP contribution in [0.15, 0.2) is 29.9 Å². The number of imidazole rings is 1.